The number of hydrogen-bond acceptors (Lipinski definition) is 4. The normalized spacial score (nSPS) is 16.7. The largest absolute Gasteiger partial charge is 0.497 e. The number of carbonyl (C=O) groups excluding carboxylic acids is 1. The lowest BCUT2D eigenvalue weighted by molar-refractivity contribution is 0.0782. The zero-order valence-electron chi connectivity index (χ0n) is 14.4. The monoisotopic (exact) mass is 341 g/mol. The highest BCUT2D eigenvalue weighted by molar-refractivity contribution is 5.94. The van der Waals surface area contributed by atoms with Crippen molar-refractivity contribution in [2.45, 2.75) is 13.0 Å². The summed E-state index contributed by atoms with van der Waals surface area (Å²) in [6.07, 6.45) is 0.866. The quantitative estimate of drug-likeness (QED) is 0.878. The van der Waals surface area contributed by atoms with Crippen molar-refractivity contribution in [1.82, 2.24) is 4.90 Å². The van der Waals surface area contributed by atoms with Gasteiger partial charge in [0, 0.05) is 31.2 Å². The van der Waals surface area contributed by atoms with Gasteiger partial charge in [0.25, 0.3) is 5.91 Å². The number of aliphatic hydroxyl groups excluding tert-OH is 1. The van der Waals surface area contributed by atoms with Gasteiger partial charge in [-0.1, -0.05) is 12.1 Å². The molecule has 1 heterocycles. The van der Waals surface area contributed by atoms with E-state index in [-0.39, 0.29) is 18.4 Å². The summed E-state index contributed by atoms with van der Waals surface area (Å²) in [6, 6.07) is 14.9. The van der Waals surface area contributed by atoms with E-state index >= 15 is 0 Å². The van der Waals surface area contributed by atoms with E-state index in [2.05, 4.69) is 0 Å². The maximum absolute atomic E-state index is 12.5. The third-order valence-electron chi connectivity index (χ3n) is 4.50. The number of nitrogens with zero attached hydrogens (tertiary/aromatic N) is 1. The second-order valence-electron chi connectivity index (χ2n) is 6.25. The fourth-order valence-corrected chi connectivity index (χ4v) is 2.93. The molecule has 2 aromatic carbocycles. The van der Waals surface area contributed by atoms with Crippen LogP contribution >= 0.6 is 0 Å². The Labute approximate surface area is 147 Å². The SMILES string of the molecule is COc1ccc(COc2ccc(C(=O)N3CCC(CO)C3)cc2)cc1. The van der Waals surface area contributed by atoms with E-state index < -0.39 is 0 Å². The van der Waals surface area contributed by atoms with Crippen molar-refractivity contribution in [2.75, 3.05) is 26.8 Å². The van der Waals surface area contributed by atoms with Gasteiger partial charge in [0.05, 0.1) is 7.11 Å². The van der Waals surface area contributed by atoms with Gasteiger partial charge in [-0.3, -0.25) is 4.79 Å². The summed E-state index contributed by atoms with van der Waals surface area (Å²) in [6.45, 7) is 1.94. The molecule has 2 aromatic rings. The molecule has 1 unspecified atom stereocenters. The molecule has 1 amide bonds. The van der Waals surface area contributed by atoms with Gasteiger partial charge < -0.3 is 19.5 Å². The van der Waals surface area contributed by atoms with Crippen LogP contribution in [0.1, 0.15) is 22.3 Å². The molecule has 0 spiro atoms. The highest BCUT2D eigenvalue weighted by atomic mass is 16.5. The third-order valence-corrected chi connectivity index (χ3v) is 4.50. The third kappa shape index (κ3) is 4.31. The summed E-state index contributed by atoms with van der Waals surface area (Å²) in [7, 11) is 1.64. The predicted molar refractivity (Wildman–Crippen MR) is 94.9 cm³/mol. The fraction of sp³-hybridized carbons (Fsp3) is 0.350. The zero-order valence-corrected chi connectivity index (χ0v) is 14.4. The van der Waals surface area contributed by atoms with Crippen LogP contribution in [0.3, 0.4) is 0 Å². The molecular formula is C20H23NO4. The molecule has 25 heavy (non-hydrogen) atoms. The lowest BCUT2D eigenvalue weighted by Gasteiger charge is -2.16. The fourth-order valence-electron chi connectivity index (χ4n) is 2.93. The summed E-state index contributed by atoms with van der Waals surface area (Å²) in [5, 5.41) is 9.19. The van der Waals surface area contributed by atoms with Crippen molar-refractivity contribution in [3.8, 4) is 11.5 Å². The van der Waals surface area contributed by atoms with Gasteiger partial charge in [0.15, 0.2) is 0 Å². The molecule has 1 atom stereocenters. The molecule has 5 nitrogen and oxygen atoms in total. The molecule has 1 N–H and O–H groups in total. The highest BCUT2D eigenvalue weighted by Crippen LogP contribution is 2.20. The first-order valence-corrected chi connectivity index (χ1v) is 8.45. The average Bonchev–Trinajstić information content (AvgIpc) is 3.16. The van der Waals surface area contributed by atoms with Gasteiger partial charge in [0.1, 0.15) is 18.1 Å². The number of amides is 1. The molecule has 1 saturated heterocycles. The second kappa shape index (κ2) is 8.03. The van der Waals surface area contributed by atoms with Gasteiger partial charge >= 0.3 is 0 Å². The molecule has 0 radical (unpaired) electrons. The first-order chi connectivity index (χ1) is 12.2. The Morgan fingerprint density at radius 1 is 1.12 bits per heavy atom. The summed E-state index contributed by atoms with van der Waals surface area (Å²) in [5.41, 5.74) is 1.70. The summed E-state index contributed by atoms with van der Waals surface area (Å²) in [5.74, 6) is 1.76. The maximum Gasteiger partial charge on any atom is 0.253 e. The summed E-state index contributed by atoms with van der Waals surface area (Å²) >= 11 is 0. The topological polar surface area (TPSA) is 59.0 Å². The van der Waals surface area contributed by atoms with Crippen LogP contribution in [-0.2, 0) is 6.61 Å². The van der Waals surface area contributed by atoms with E-state index in [1.54, 1.807) is 24.1 Å². The minimum Gasteiger partial charge on any atom is -0.497 e. The van der Waals surface area contributed by atoms with E-state index in [0.717, 1.165) is 23.5 Å². The molecule has 1 aliphatic heterocycles. The van der Waals surface area contributed by atoms with Crippen LogP contribution in [0.2, 0.25) is 0 Å². The van der Waals surface area contributed by atoms with Crippen LogP contribution in [0.5, 0.6) is 11.5 Å². The Bertz CT molecular complexity index is 697. The van der Waals surface area contributed by atoms with E-state index in [1.807, 2.05) is 36.4 Å². The molecule has 0 bridgehead atoms. The summed E-state index contributed by atoms with van der Waals surface area (Å²) < 4.78 is 10.9. The first-order valence-electron chi connectivity index (χ1n) is 8.45. The number of benzene rings is 2. The highest BCUT2D eigenvalue weighted by Gasteiger charge is 2.26. The Balaban J connectivity index is 1.55. The number of carbonyl (C=O) groups is 1. The molecule has 0 aromatic heterocycles. The van der Waals surface area contributed by atoms with E-state index in [1.165, 1.54) is 0 Å². The van der Waals surface area contributed by atoms with Gasteiger partial charge in [-0.05, 0) is 48.4 Å². The Kier molecular flexibility index (Phi) is 5.56. The molecule has 132 valence electrons. The molecule has 5 heteroatoms. The Morgan fingerprint density at radius 3 is 2.40 bits per heavy atom. The van der Waals surface area contributed by atoms with Gasteiger partial charge in [0.2, 0.25) is 0 Å². The molecule has 0 aliphatic carbocycles. The van der Waals surface area contributed by atoms with Crippen molar-refractivity contribution < 1.29 is 19.4 Å². The number of methoxy groups -OCH3 is 1. The smallest absolute Gasteiger partial charge is 0.253 e. The lowest BCUT2D eigenvalue weighted by atomic mass is 10.1. The molecule has 3 rings (SSSR count). The maximum atomic E-state index is 12.5. The second-order valence-corrected chi connectivity index (χ2v) is 6.25. The number of likely N-dealkylation sites (tertiary alicyclic amines) is 1. The molecule has 1 fully saturated rings. The first kappa shape index (κ1) is 17.3. The van der Waals surface area contributed by atoms with Crippen molar-refractivity contribution in [3.63, 3.8) is 0 Å². The van der Waals surface area contributed by atoms with Gasteiger partial charge in [-0.15, -0.1) is 0 Å². The Hall–Kier alpha value is -2.53. The lowest BCUT2D eigenvalue weighted by Crippen LogP contribution is -2.29. The minimum absolute atomic E-state index is 0.0117. The van der Waals surface area contributed by atoms with Crippen LogP contribution in [0.4, 0.5) is 0 Å². The van der Waals surface area contributed by atoms with Crippen molar-refractivity contribution >= 4 is 5.91 Å². The van der Waals surface area contributed by atoms with Gasteiger partial charge in [-0.25, -0.2) is 0 Å². The molecular weight excluding hydrogens is 318 g/mol. The van der Waals surface area contributed by atoms with E-state index in [4.69, 9.17) is 9.47 Å². The van der Waals surface area contributed by atoms with E-state index in [9.17, 15) is 9.90 Å². The van der Waals surface area contributed by atoms with Crippen molar-refractivity contribution in [3.05, 3.63) is 59.7 Å². The molecule has 1 aliphatic rings. The van der Waals surface area contributed by atoms with Crippen LogP contribution in [0.15, 0.2) is 48.5 Å². The molecule has 0 saturated carbocycles. The number of rotatable bonds is 6. The minimum atomic E-state index is 0.0117. The van der Waals surface area contributed by atoms with Crippen LogP contribution in [0.25, 0.3) is 0 Å². The number of hydrogen-bond donors (Lipinski definition) is 1. The zero-order chi connectivity index (χ0) is 17.6. The standard InChI is InChI=1S/C20H23NO4/c1-24-18-6-2-15(3-7-18)14-25-19-8-4-17(5-9-19)20(23)21-11-10-16(12-21)13-22/h2-9,16,22H,10-14H2,1H3. The Morgan fingerprint density at radius 2 is 1.80 bits per heavy atom. The average molecular weight is 341 g/mol. The van der Waals surface area contributed by atoms with Crippen molar-refractivity contribution in [1.29, 1.82) is 0 Å². The number of aliphatic hydroxyl groups is 1. The van der Waals surface area contributed by atoms with Crippen LogP contribution in [0, 0.1) is 5.92 Å². The van der Waals surface area contributed by atoms with Crippen LogP contribution < -0.4 is 9.47 Å². The predicted octanol–water partition coefficient (Wildman–Crippen LogP) is 2.73. The number of ether oxygens (including phenoxy) is 2. The van der Waals surface area contributed by atoms with E-state index in [0.29, 0.717) is 25.3 Å². The summed E-state index contributed by atoms with van der Waals surface area (Å²) in [4.78, 5) is 14.3. The van der Waals surface area contributed by atoms with Crippen molar-refractivity contribution in [2.24, 2.45) is 5.92 Å². The van der Waals surface area contributed by atoms with Crippen LogP contribution in [-0.4, -0.2) is 42.7 Å². The van der Waals surface area contributed by atoms with Gasteiger partial charge in [-0.2, -0.15) is 0 Å².